The monoisotopic (exact) mass is 359 g/mol. The molecule has 2 aliphatic rings. The van der Waals surface area contributed by atoms with E-state index < -0.39 is 0 Å². The second kappa shape index (κ2) is 8.54. The number of nitrogens with one attached hydrogen (secondary N) is 2. The van der Waals surface area contributed by atoms with Crippen LogP contribution in [0.2, 0.25) is 0 Å². The van der Waals surface area contributed by atoms with Gasteiger partial charge in [-0.2, -0.15) is 0 Å². The lowest BCUT2D eigenvalue weighted by atomic mass is 9.72. The normalized spacial score (nSPS) is 22.1. The average molecular weight is 359 g/mol. The molecule has 0 spiro atoms. The van der Waals surface area contributed by atoms with Crippen LogP contribution in [0.3, 0.4) is 0 Å². The van der Waals surface area contributed by atoms with Crippen molar-refractivity contribution < 1.29 is 14.3 Å². The van der Waals surface area contributed by atoms with Gasteiger partial charge in [0, 0.05) is 12.6 Å². The summed E-state index contributed by atoms with van der Waals surface area (Å²) >= 11 is 0. The highest BCUT2D eigenvalue weighted by molar-refractivity contribution is 5.79. The fraction of sp³-hybridized carbons (Fsp3) is 0.600. The summed E-state index contributed by atoms with van der Waals surface area (Å²) in [6.07, 6.45) is 4.65. The van der Waals surface area contributed by atoms with Crippen molar-refractivity contribution in [1.82, 2.24) is 15.5 Å². The van der Waals surface area contributed by atoms with Crippen molar-refractivity contribution >= 4 is 12.0 Å². The van der Waals surface area contributed by atoms with Crippen LogP contribution in [0.4, 0.5) is 4.79 Å². The van der Waals surface area contributed by atoms with Crippen molar-refractivity contribution in [3.05, 3.63) is 35.9 Å². The van der Waals surface area contributed by atoms with Gasteiger partial charge in [0.25, 0.3) is 0 Å². The van der Waals surface area contributed by atoms with Gasteiger partial charge in [-0.1, -0.05) is 30.3 Å². The zero-order valence-corrected chi connectivity index (χ0v) is 15.5. The predicted octanol–water partition coefficient (Wildman–Crippen LogP) is 2.39. The number of piperidine rings is 1. The number of nitrogens with zero attached hydrogens (tertiary/aromatic N) is 1. The maximum atomic E-state index is 12.7. The highest BCUT2D eigenvalue weighted by Crippen LogP contribution is 2.41. The van der Waals surface area contributed by atoms with E-state index in [1.54, 1.807) is 6.92 Å². The zero-order valence-electron chi connectivity index (χ0n) is 15.5. The summed E-state index contributed by atoms with van der Waals surface area (Å²) in [5.41, 5.74) is 0.997. The van der Waals surface area contributed by atoms with Crippen LogP contribution in [0.5, 0.6) is 0 Å². The molecule has 2 N–H and O–H groups in total. The smallest absolute Gasteiger partial charge is 0.407 e. The van der Waals surface area contributed by atoms with Gasteiger partial charge in [-0.25, -0.2) is 4.79 Å². The number of carbonyl (C=O) groups excluding carboxylic acids is 2. The number of ether oxygens (including phenoxy) is 1. The number of hydrogen-bond acceptors (Lipinski definition) is 4. The Morgan fingerprint density at radius 3 is 2.65 bits per heavy atom. The third-order valence-electron chi connectivity index (χ3n) is 5.38. The molecule has 1 aliphatic carbocycles. The third kappa shape index (κ3) is 4.55. The second-order valence-electron chi connectivity index (χ2n) is 7.29. The van der Waals surface area contributed by atoms with Gasteiger partial charge < -0.3 is 15.4 Å². The number of alkyl carbamates (subject to hydrolysis) is 1. The lowest BCUT2D eigenvalue weighted by Gasteiger charge is -2.43. The van der Waals surface area contributed by atoms with E-state index >= 15 is 0 Å². The van der Waals surface area contributed by atoms with Gasteiger partial charge in [0.05, 0.1) is 18.7 Å². The van der Waals surface area contributed by atoms with Gasteiger partial charge in [-0.3, -0.25) is 9.69 Å². The van der Waals surface area contributed by atoms with E-state index in [1.807, 2.05) is 18.2 Å². The number of benzene rings is 1. The first-order valence-corrected chi connectivity index (χ1v) is 9.63. The molecule has 26 heavy (non-hydrogen) atoms. The summed E-state index contributed by atoms with van der Waals surface area (Å²) < 4.78 is 4.95. The van der Waals surface area contributed by atoms with Gasteiger partial charge in [0.1, 0.15) is 0 Å². The van der Waals surface area contributed by atoms with Crippen molar-refractivity contribution in [2.45, 2.75) is 50.6 Å². The molecule has 1 saturated carbocycles. The van der Waals surface area contributed by atoms with Crippen LogP contribution in [0.25, 0.3) is 0 Å². The summed E-state index contributed by atoms with van der Waals surface area (Å²) in [6, 6.07) is 10.3. The minimum absolute atomic E-state index is 0.0439. The Morgan fingerprint density at radius 1 is 1.23 bits per heavy atom. The van der Waals surface area contributed by atoms with E-state index in [9.17, 15) is 9.59 Å². The maximum absolute atomic E-state index is 12.7. The quantitative estimate of drug-likeness (QED) is 0.818. The Labute approximate surface area is 155 Å². The Bertz CT molecular complexity index is 616. The molecule has 6 nitrogen and oxygen atoms in total. The standard InChI is InChI=1S/C20H29N3O3/c1-2-26-19(25)21-17-10-6-13-23(14-17)15-18(24)22-20(11-7-12-20)16-8-4-3-5-9-16/h3-5,8-9,17H,2,6-7,10-15H2,1H3,(H,21,25)(H,22,24). The predicted molar refractivity (Wildman–Crippen MR) is 99.7 cm³/mol. The molecule has 2 amide bonds. The summed E-state index contributed by atoms with van der Waals surface area (Å²) in [5, 5.41) is 6.16. The number of amides is 2. The zero-order chi connectivity index (χ0) is 18.4. The molecule has 0 radical (unpaired) electrons. The Hall–Kier alpha value is -2.08. The van der Waals surface area contributed by atoms with E-state index in [2.05, 4.69) is 27.7 Å². The minimum atomic E-state index is -0.374. The van der Waals surface area contributed by atoms with Crippen LogP contribution in [-0.2, 0) is 15.1 Å². The van der Waals surface area contributed by atoms with Crippen molar-refractivity contribution in [3.63, 3.8) is 0 Å². The Kier molecular flexibility index (Phi) is 6.14. The lowest BCUT2D eigenvalue weighted by molar-refractivity contribution is -0.125. The Morgan fingerprint density at radius 2 is 2.00 bits per heavy atom. The van der Waals surface area contributed by atoms with Crippen LogP contribution in [0, 0.1) is 0 Å². The maximum Gasteiger partial charge on any atom is 0.407 e. The van der Waals surface area contributed by atoms with Gasteiger partial charge in [-0.15, -0.1) is 0 Å². The fourth-order valence-electron chi connectivity index (χ4n) is 3.94. The second-order valence-corrected chi connectivity index (χ2v) is 7.29. The molecular weight excluding hydrogens is 330 g/mol. The molecule has 1 heterocycles. The molecule has 1 unspecified atom stereocenters. The summed E-state index contributed by atoms with van der Waals surface area (Å²) in [5.74, 6) is 0.0605. The molecule has 3 rings (SSSR count). The van der Waals surface area contributed by atoms with Gasteiger partial charge in [0.15, 0.2) is 0 Å². The molecule has 1 atom stereocenters. The van der Waals surface area contributed by atoms with Gasteiger partial charge in [0.2, 0.25) is 5.91 Å². The van der Waals surface area contributed by atoms with E-state index in [-0.39, 0.29) is 23.6 Å². The summed E-state index contributed by atoms with van der Waals surface area (Å²) in [7, 11) is 0. The SMILES string of the molecule is CCOC(=O)NC1CCCN(CC(=O)NC2(c3ccccc3)CCC2)C1. The van der Waals surface area contributed by atoms with E-state index in [4.69, 9.17) is 4.74 Å². The van der Waals surface area contributed by atoms with Gasteiger partial charge >= 0.3 is 6.09 Å². The lowest BCUT2D eigenvalue weighted by Crippen LogP contribution is -2.55. The summed E-state index contributed by atoms with van der Waals surface area (Å²) in [4.78, 5) is 26.4. The number of rotatable bonds is 6. The fourth-order valence-corrected chi connectivity index (χ4v) is 3.94. The summed E-state index contributed by atoms with van der Waals surface area (Å²) in [6.45, 7) is 4.10. The molecule has 0 aromatic heterocycles. The first-order valence-electron chi connectivity index (χ1n) is 9.63. The highest BCUT2D eigenvalue weighted by Gasteiger charge is 2.40. The Balaban J connectivity index is 1.52. The molecule has 0 bridgehead atoms. The third-order valence-corrected chi connectivity index (χ3v) is 5.38. The van der Waals surface area contributed by atoms with Crippen molar-refractivity contribution in [3.8, 4) is 0 Å². The topological polar surface area (TPSA) is 70.7 Å². The number of likely N-dealkylation sites (tertiary alicyclic amines) is 1. The molecule has 2 fully saturated rings. The number of carbonyl (C=O) groups is 2. The molecule has 1 aliphatic heterocycles. The van der Waals surface area contributed by atoms with Crippen LogP contribution in [-0.4, -0.2) is 49.2 Å². The van der Waals surface area contributed by atoms with E-state index in [0.29, 0.717) is 19.7 Å². The molecule has 1 aromatic rings. The van der Waals surface area contributed by atoms with Crippen molar-refractivity contribution in [2.75, 3.05) is 26.2 Å². The van der Waals surface area contributed by atoms with Crippen LogP contribution in [0.15, 0.2) is 30.3 Å². The molecule has 6 heteroatoms. The van der Waals surface area contributed by atoms with Crippen LogP contribution in [0.1, 0.15) is 44.6 Å². The van der Waals surface area contributed by atoms with Crippen LogP contribution < -0.4 is 10.6 Å². The average Bonchev–Trinajstić information content (AvgIpc) is 2.59. The first-order chi connectivity index (χ1) is 12.6. The molecule has 142 valence electrons. The van der Waals surface area contributed by atoms with Crippen molar-refractivity contribution in [2.24, 2.45) is 0 Å². The van der Waals surface area contributed by atoms with E-state index in [1.165, 1.54) is 5.56 Å². The van der Waals surface area contributed by atoms with Crippen LogP contribution >= 0.6 is 0 Å². The first kappa shape index (κ1) is 18.7. The minimum Gasteiger partial charge on any atom is -0.450 e. The largest absolute Gasteiger partial charge is 0.450 e. The van der Waals surface area contributed by atoms with Gasteiger partial charge in [-0.05, 0) is 51.1 Å². The number of hydrogen-bond donors (Lipinski definition) is 2. The van der Waals surface area contributed by atoms with Crippen molar-refractivity contribution in [1.29, 1.82) is 0 Å². The molecule has 1 saturated heterocycles. The highest BCUT2D eigenvalue weighted by atomic mass is 16.5. The van der Waals surface area contributed by atoms with E-state index in [0.717, 1.165) is 38.6 Å². The molecule has 1 aromatic carbocycles. The molecular formula is C20H29N3O3.